The highest BCUT2D eigenvalue weighted by Crippen LogP contribution is 2.35. The molecule has 0 bridgehead atoms. The molecule has 0 atom stereocenters. The number of alkyl halides is 4. The summed E-state index contributed by atoms with van der Waals surface area (Å²) < 4.78 is 66.0. The van der Waals surface area contributed by atoms with Crippen molar-refractivity contribution in [2.75, 3.05) is 20.3 Å². The third-order valence-electron chi connectivity index (χ3n) is 7.03. The van der Waals surface area contributed by atoms with Crippen LogP contribution in [0.4, 0.5) is 17.6 Å². The molecule has 4 rings (SSSR count). The standard InChI is InChI=1S/C35H31ClF4O2/c1-23-26(11-13-28-20-25(22-36)10-16-33(28)35(38,39)40)6-4-8-31(23)32-9-5-7-27(24(32)2)12-14-29-21-30(15-17-34(29)37)42-19-18-41-3/h4-17,20-21H,18-19,22H2,1-3H3/b13-11+,14-12+. The Bertz CT molecular complexity index is 1610. The van der Waals surface area contributed by atoms with Crippen LogP contribution in [-0.4, -0.2) is 20.3 Å². The zero-order valence-corrected chi connectivity index (χ0v) is 24.3. The normalized spacial score (nSPS) is 12.0. The van der Waals surface area contributed by atoms with Crippen LogP contribution in [0.1, 0.15) is 44.5 Å². The van der Waals surface area contributed by atoms with Crippen LogP contribution in [0.3, 0.4) is 0 Å². The first kappa shape index (κ1) is 31.1. The summed E-state index contributed by atoms with van der Waals surface area (Å²) in [5.41, 5.74) is 5.91. The lowest BCUT2D eigenvalue weighted by Gasteiger charge is -2.14. The van der Waals surface area contributed by atoms with Gasteiger partial charge < -0.3 is 9.47 Å². The molecule has 0 spiro atoms. The monoisotopic (exact) mass is 594 g/mol. The molecular formula is C35H31ClF4O2. The first-order chi connectivity index (χ1) is 20.1. The molecule has 0 fully saturated rings. The molecule has 0 saturated heterocycles. The second-order valence-corrected chi connectivity index (χ2v) is 10.1. The van der Waals surface area contributed by atoms with Gasteiger partial charge in [0.15, 0.2) is 0 Å². The van der Waals surface area contributed by atoms with E-state index in [0.29, 0.717) is 30.1 Å². The highest BCUT2D eigenvalue weighted by atomic mass is 35.5. The van der Waals surface area contributed by atoms with E-state index < -0.39 is 11.7 Å². The number of methoxy groups -OCH3 is 1. The lowest BCUT2D eigenvalue weighted by atomic mass is 9.91. The molecule has 0 N–H and O–H groups in total. The maximum absolute atomic E-state index is 14.5. The van der Waals surface area contributed by atoms with Crippen molar-refractivity contribution in [1.29, 1.82) is 0 Å². The van der Waals surface area contributed by atoms with Crippen LogP contribution in [0.15, 0.2) is 72.8 Å². The summed E-state index contributed by atoms with van der Waals surface area (Å²) in [6.07, 6.45) is 2.28. The van der Waals surface area contributed by atoms with E-state index in [2.05, 4.69) is 0 Å². The number of rotatable bonds is 10. The molecule has 0 aromatic heterocycles. The molecule has 218 valence electrons. The van der Waals surface area contributed by atoms with Crippen molar-refractivity contribution < 1.29 is 27.0 Å². The second-order valence-electron chi connectivity index (χ2n) is 9.78. The predicted octanol–water partition coefficient (Wildman–Crippen LogP) is 10.2. The minimum Gasteiger partial charge on any atom is -0.491 e. The molecule has 42 heavy (non-hydrogen) atoms. The van der Waals surface area contributed by atoms with Gasteiger partial charge in [-0.25, -0.2) is 4.39 Å². The molecule has 0 aliphatic heterocycles. The van der Waals surface area contributed by atoms with Crippen LogP contribution >= 0.6 is 11.6 Å². The molecule has 0 saturated carbocycles. The van der Waals surface area contributed by atoms with Gasteiger partial charge in [0.2, 0.25) is 0 Å². The Kier molecular flexibility index (Phi) is 10.3. The molecule has 0 amide bonds. The van der Waals surface area contributed by atoms with Gasteiger partial charge in [0.25, 0.3) is 0 Å². The zero-order chi connectivity index (χ0) is 30.3. The second kappa shape index (κ2) is 13.9. The molecule has 2 nitrogen and oxygen atoms in total. The van der Waals surface area contributed by atoms with Crippen LogP contribution < -0.4 is 4.74 Å². The van der Waals surface area contributed by atoms with Gasteiger partial charge in [-0.05, 0) is 88.7 Å². The van der Waals surface area contributed by atoms with Gasteiger partial charge in [-0.2, -0.15) is 13.2 Å². The number of hydrogen-bond acceptors (Lipinski definition) is 2. The molecule has 7 heteroatoms. The lowest BCUT2D eigenvalue weighted by molar-refractivity contribution is -0.137. The van der Waals surface area contributed by atoms with Gasteiger partial charge in [-0.15, -0.1) is 11.6 Å². The van der Waals surface area contributed by atoms with Gasteiger partial charge in [0.1, 0.15) is 18.2 Å². The van der Waals surface area contributed by atoms with E-state index in [1.165, 1.54) is 24.3 Å². The van der Waals surface area contributed by atoms with Crippen molar-refractivity contribution in [3.8, 4) is 16.9 Å². The highest BCUT2D eigenvalue weighted by molar-refractivity contribution is 6.17. The molecular weight excluding hydrogens is 564 g/mol. The largest absolute Gasteiger partial charge is 0.491 e. The van der Waals surface area contributed by atoms with E-state index in [4.69, 9.17) is 21.1 Å². The van der Waals surface area contributed by atoms with Crippen molar-refractivity contribution in [3.05, 3.63) is 123 Å². The summed E-state index contributed by atoms with van der Waals surface area (Å²) in [7, 11) is 1.59. The van der Waals surface area contributed by atoms with Gasteiger partial charge >= 0.3 is 6.18 Å². The summed E-state index contributed by atoms with van der Waals surface area (Å²) in [6.45, 7) is 4.73. The smallest absolute Gasteiger partial charge is 0.416 e. The summed E-state index contributed by atoms with van der Waals surface area (Å²) in [6, 6.07) is 20.1. The highest BCUT2D eigenvalue weighted by Gasteiger charge is 2.32. The van der Waals surface area contributed by atoms with Crippen molar-refractivity contribution >= 4 is 35.9 Å². The lowest BCUT2D eigenvalue weighted by Crippen LogP contribution is -2.07. The molecule has 4 aromatic carbocycles. The maximum atomic E-state index is 14.5. The summed E-state index contributed by atoms with van der Waals surface area (Å²) in [5.74, 6) is 0.313. The molecule has 0 heterocycles. The van der Waals surface area contributed by atoms with E-state index in [1.54, 1.807) is 31.4 Å². The Morgan fingerprint density at radius 1 is 0.714 bits per heavy atom. The first-order valence-corrected chi connectivity index (χ1v) is 13.9. The minimum absolute atomic E-state index is 0.0640. The van der Waals surface area contributed by atoms with E-state index in [1.807, 2.05) is 56.3 Å². The third kappa shape index (κ3) is 7.50. The summed E-state index contributed by atoms with van der Waals surface area (Å²) in [5, 5.41) is 0. The topological polar surface area (TPSA) is 18.5 Å². The Morgan fingerprint density at radius 2 is 1.31 bits per heavy atom. The van der Waals surface area contributed by atoms with Gasteiger partial charge in [-0.1, -0.05) is 66.8 Å². The van der Waals surface area contributed by atoms with E-state index in [9.17, 15) is 17.6 Å². The van der Waals surface area contributed by atoms with E-state index in [-0.39, 0.29) is 17.3 Å². The van der Waals surface area contributed by atoms with E-state index in [0.717, 1.165) is 39.4 Å². The van der Waals surface area contributed by atoms with Gasteiger partial charge in [-0.3, -0.25) is 0 Å². The minimum atomic E-state index is -4.48. The fourth-order valence-corrected chi connectivity index (χ4v) is 4.85. The quantitative estimate of drug-likeness (QED) is 0.0787. The van der Waals surface area contributed by atoms with Crippen LogP contribution in [-0.2, 0) is 16.8 Å². The Balaban J connectivity index is 1.65. The van der Waals surface area contributed by atoms with Gasteiger partial charge in [0, 0.05) is 18.6 Å². The first-order valence-electron chi connectivity index (χ1n) is 13.4. The fourth-order valence-electron chi connectivity index (χ4n) is 4.68. The van der Waals surface area contributed by atoms with Crippen LogP contribution in [0.2, 0.25) is 0 Å². The zero-order valence-electron chi connectivity index (χ0n) is 23.6. The molecule has 0 aliphatic carbocycles. The van der Waals surface area contributed by atoms with Gasteiger partial charge in [0.05, 0.1) is 12.2 Å². The summed E-state index contributed by atoms with van der Waals surface area (Å²) >= 11 is 5.88. The van der Waals surface area contributed by atoms with Crippen LogP contribution in [0, 0.1) is 19.7 Å². The Morgan fingerprint density at radius 3 is 1.88 bits per heavy atom. The predicted molar refractivity (Wildman–Crippen MR) is 164 cm³/mol. The Labute approximate surface area is 248 Å². The molecule has 0 radical (unpaired) electrons. The number of ether oxygens (including phenoxy) is 2. The van der Waals surface area contributed by atoms with Crippen molar-refractivity contribution in [2.45, 2.75) is 25.9 Å². The number of halogens is 5. The molecule has 0 aliphatic rings. The number of hydrogen-bond donors (Lipinski definition) is 0. The van der Waals surface area contributed by atoms with Crippen molar-refractivity contribution in [1.82, 2.24) is 0 Å². The maximum Gasteiger partial charge on any atom is 0.416 e. The van der Waals surface area contributed by atoms with Crippen LogP contribution in [0.5, 0.6) is 5.75 Å². The third-order valence-corrected chi connectivity index (χ3v) is 7.33. The number of benzene rings is 4. The Hall–Kier alpha value is -3.87. The SMILES string of the molecule is COCCOc1ccc(F)c(/C=C/c2cccc(-c3cccc(/C=C/c4cc(CCl)ccc4C(F)(F)F)c3C)c2C)c1. The van der Waals surface area contributed by atoms with Crippen molar-refractivity contribution in [2.24, 2.45) is 0 Å². The van der Waals surface area contributed by atoms with E-state index >= 15 is 0 Å². The fraction of sp³-hybridized carbons (Fsp3) is 0.200. The summed E-state index contributed by atoms with van der Waals surface area (Å²) in [4.78, 5) is 0. The molecule has 0 unspecified atom stereocenters. The average molecular weight is 595 g/mol. The average Bonchev–Trinajstić information content (AvgIpc) is 2.97. The van der Waals surface area contributed by atoms with Crippen LogP contribution in [0.25, 0.3) is 35.4 Å². The van der Waals surface area contributed by atoms with Crippen molar-refractivity contribution in [3.63, 3.8) is 0 Å². The molecule has 4 aromatic rings.